The zero-order chi connectivity index (χ0) is 15.7. The van der Waals surface area contributed by atoms with E-state index in [9.17, 15) is 4.79 Å². The van der Waals surface area contributed by atoms with Gasteiger partial charge in [0, 0.05) is 15.0 Å². The molecular weight excluding hydrogens is 336 g/mol. The number of fused-ring (bicyclic) bond motifs is 1. The molecule has 0 atom stereocenters. The predicted octanol–water partition coefficient (Wildman–Crippen LogP) is 5.08. The van der Waals surface area contributed by atoms with Gasteiger partial charge in [0.15, 0.2) is 0 Å². The molecule has 3 nitrogen and oxygen atoms in total. The first kappa shape index (κ1) is 15.2. The molecule has 1 N–H and O–H groups in total. The second-order valence-corrected chi connectivity index (χ2v) is 7.51. The van der Waals surface area contributed by atoms with Gasteiger partial charge in [-0.05, 0) is 32.0 Å². The number of nitrogens with zero attached hydrogens (tertiary/aromatic N) is 1. The van der Waals surface area contributed by atoms with Crippen LogP contribution in [0.2, 0.25) is 5.02 Å². The van der Waals surface area contributed by atoms with Gasteiger partial charge < -0.3 is 0 Å². The van der Waals surface area contributed by atoms with Crippen LogP contribution < -0.4 is 5.43 Å². The maximum Gasteiger partial charge on any atom is 0.283 e. The lowest BCUT2D eigenvalue weighted by atomic mass is 10.2. The third-order valence-corrected chi connectivity index (χ3v) is 5.95. The molecular formula is C16H13ClN2OS2. The molecule has 0 aliphatic heterocycles. The summed E-state index contributed by atoms with van der Waals surface area (Å²) in [6.07, 6.45) is 0. The van der Waals surface area contributed by atoms with E-state index in [2.05, 4.69) is 10.5 Å². The van der Waals surface area contributed by atoms with Crippen molar-refractivity contribution >= 4 is 56.0 Å². The summed E-state index contributed by atoms with van der Waals surface area (Å²) in [7, 11) is 0. The molecule has 6 heteroatoms. The summed E-state index contributed by atoms with van der Waals surface area (Å²) in [5.41, 5.74) is 3.37. The van der Waals surface area contributed by atoms with E-state index in [0.717, 1.165) is 20.7 Å². The first-order chi connectivity index (χ1) is 10.6. The van der Waals surface area contributed by atoms with Gasteiger partial charge in [0.05, 0.1) is 15.6 Å². The average Bonchev–Trinajstić information content (AvgIpc) is 3.09. The smallest absolute Gasteiger partial charge is 0.266 e. The van der Waals surface area contributed by atoms with E-state index in [4.69, 9.17) is 11.6 Å². The van der Waals surface area contributed by atoms with E-state index in [-0.39, 0.29) is 5.91 Å². The standard InChI is InChI=1S/C16H13ClN2OS2/c1-9-7-8-12(21-9)10(2)18-19-16(20)15-14(17)11-5-3-4-6-13(11)22-15/h3-8H,1-2H3,(H,19,20)/b18-10-. The molecule has 0 aliphatic carbocycles. The highest BCUT2D eigenvalue weighted by Gasteiger charge is 2.16. The Morgan fingerprint density at radius 1 is 1.18 bits per heavy atom. The van der Waals surface area contributed by atoms with Crippen molar-refractivity contribution in [3.63, 3.8) is 0 Å². The Hall–Kier alpha value is -1.69. The van der Waals surface area contributed by atoms with E-state index < -0.39 is 0 Å². The van der Waals surface area contributed by atoms with Crippen LogP contribution in [-0.4, -0.2) is 11.6 Å². The minimum absolute atomic E-state index is 0.279. The van der Waals surface area contributed by atoms with Crippen LogP contribution in [0, 0.1) is 6.92 Å². The topological polar surface area (TPSA) is 41.5 Å². The summed E-state index contributed by atoms with van der Waals surface area (Å²) in [5.74, 6) is -0.279. The molecule has 0 spiro atoms. The lowest BCUT2D eigenvalue weighted by Gasteiger charge is -2.00. The normalized spacial score (nSPS) is 11.9. The van der Waals surface area contributed by atoms with Gasteiger partial charge in [-0.3, -0.25) is 4.79 Å². The Morgan fingerprint density at radius 2 is 1.95 bits per heavy atom. The number of thiophene rings is 2. The molecule has 0 fully saturated rings. The Bertz CT molecular complexity index is 879. The van der Waals surface area contributed by atoms with Crippen LogP contribution in [0.4, 0.5) is 0 Å². The summed E-state index contributed by atoms with van der Waals surface area (Å²) >= 11 is 9.31. The number of carbonyl (C=O) groups excluding carboxylic acids is 1. The molecule has 3 aromatic rings. The second-order valence-electron chi connectivity index (χ2n) is 4.79. The minimum Gasteiger partial charge on any atom is -0.266 e. The number of aryl methyl sites for hydroxylation is 1. The molecule has 0 radical (unpaired) electrons. The quantitative estimate of drug-likeness (QED) is 0.520. The number of rotatable bonds is 3. The van der Waals surface area contributed by atoms with Crippen molar-refractivity contribution in [2.75, 3.05) is 0 Å². The van der Waals surface area contributed by atoms with Gasteiger partial charge in [0.25, 0.3) is 5.91 Å². The molecule has 0 saturated heterocycles. The fourth-order valence-electron chi connectivity index (χ4n) is 2.03. The SMILES string of the molecule is C/C(=N/NC(=O)c1sc2ccccc2c1Cl)c1ccc(C)s1. The fourth-order valence-corrected chi connectivity index (χ4v) is 4.25. The van der Waals surface area contributed by atoms with Gasteiger partial charge in [0.1, 0.15) is 4.88 Å². The van der Waals surface area contributed by atoms with Crippen LogP contribution in [0.15, 0.2) is 41.5 Å². The summed E-state index contributed by atoms with van der Waals surface area (Å²) < 4.78 is 0.993. The van der Waals surface area contributed by atoms with Gasteiger partial charge in [-0.1, -0.05) is 29.8 Å². The first-order valence-corrected chi connectivity index (χ1v) is 8.66. The predicted molar refractivity (Wildman–Crippen MR) is 95.6 cm³/mol. The third kappa shape index (κ3) is 2.92. The number of amides is 1. The van der Waals surface area contributed by atoms with Crippen LogP contribution in [0.5, 0.6) is 0 Å². The summed E-state index contributed by atoms with van der Waals surface area (Å²) in [6.45, 7) is 3.91. The van der Waals surface area contributed by atoms with Crippen molar-refractivity contribution in [3.8, 4) is 0 Å². The van der Waals surface area contributed by atoms with E-state index in [1.807, 2.05) is 50.2 Å². The number of hydrogen-bond donors (Lipinski definition) is 1. The molecule has 0 aliphatic rings. The van der Waals surface area contributed by atoms with E-state index >= 15 is 0 Å². The van der Waals surface area contributed by atoms with E-state index in [0.29, 0.717) is 9.90 Å². The van der Waals surface area contributed by atoms with Crippen LogP contribution >= 0.6 is 34.3 Å². The monoisotopic (exact) mass is 348 g/mol. The van der Waals surface area contributed by atoms with Gasteiger partial charge in [0.2, 0.25) is 0 Å². The zero-order valence-electron chi connectivity index (χ0n) is 12.0. The number of carbonyl (C=O) groups is 1. The summed E-state index contributed by atoms with van der Waals surface area (Å²) in [6, 6.07) is 11.7. The third-order valence-electron chi connectivity index (χ3n) is 3.16. The molecule has 0 unspecified atom stereocenters. The molecule has 1 amide bonds. The Kier molecular flexibility index (Phi) is 4.29. The number of nitrogens with one attached hydrogen (secondary N) is 1. The van der Waals surface area contributed by atoms with Crippen molar-refractivity contribution in [2.24, 2.45) is 5.10 Å². The number of halogens is 1. The summed E-state index contributed by atoms with van der Waals surface area (Å²) in [5, 5.41) is 5.55. The molecule has 2 heterocycles. The highest BCUT2D eigenvalue weighted by molar-refractivity contribution is 7.21. The van der Waals surface area contributed by atoms with Gasteiger partial charge in [-0.15, -0.1) is 22.7 Å². The van der Waals surface area contributed by atoms with Crippen molar-refractivity contribution in [1.82, 2.24) is 5.43 Å². The zero-order valence-corrected chi connectivity index (χ0v) is 14.4. The maximum atomic E-state index is 12.3. The van der Waals surface area contributed by atoms with E-state index in [1.54, 1.807) is 11.3 Å². The number of benzene rings is 1. The molecule has 2 aromatic heterocycles. The number of hydrogen-bond acceptors (Lipinski definition) is 4. The highest BCUT2D eigenvalue weighted by atomic mass is 35.5. The highest BCUT2D eigenvalue weighted by Crippen LogP contribution is 2.34. The second kappa shape index (κ2) is 6.20. The van der Waals surface area contributed by atoms with E-state index in [1.165, 1.54) is 16.2 Å². The van der Waals surface area contributed by atoms with Crippen LogP contribution in [0.3, 0.4) is 0 Å². The average molecular weight is 349 g/mol. The van der Waals surface area contributed by atoms with Gasteiger partial charge in [-0.25, -0.2) is 5.43 Å². The molecule has 0 saturated carbocycles. The van der Waals surface area contributed by atoms with Crippen molar-refractivity contribution in [1.29, 1.82) is 0 Å². The fraction of sp³-hybridized carbons (Fsp3) is 0.125. The Labute approximate surface area is 141 Å². The van der Waals surface area contributed by atoms with Crippen LogP contribution in [-0.2, 0) is 0 Å². The largest absolute Gasteiger partial charge is 0.283 e. The van der Waals surface area contributed by atoms with Crippen LogP contribution in [0.1, 0.15) is 26.3 Å². The summed E-state index contributed by atoms with van der Waals surface area (Å²) in [4.78, 5) is 15.0. The molecule has 0 bridgehead atoms. The number of hydrazone groups is 1. The lowest BCUT2D eigenvalue weighted by Crippen LogP contribution is -2.18. The molecule has 3 rings (SSSR count). The Morgan fingerprint density at radius 3 is 2.64 bits per heavy atom. The Balaban J connectivity index is 1.83. The molecule has 22 heavy (non-hydrogen) atoms. The molecule has 112 valence electrons. The van der Waals surface area contributed by atoms with Crippen molar-refractivity contribution in [2.45, 2.75) is 13.8 Å². The van der Waals surface area contributed by atoms with Crippen molar-refractivity contribution < 1.29 is 4.79 Å². The van der Waals surface area contributed by atoms with Gasteiger partial charge in [-0.2, -0.15) is 5.10 Å². The van der Waals surface area contributed by atoms with Crippen molar-refractivity contribution in [3.05, 3.63) is 56.1 Å². The lowest BCUT2D eigenvalue weighted by molar-refractivity contribution is 0.0959. The molecule has 1 aromatic carbocycles. The van der Waals surface area contributed by atoms with Gasteiger partial charge >= 0.3 is 0 Å². The van der Waals surface area contributed by atoms with Crippen LogP contribution in [0.25, 0.3) is 10.1 Å². The minimum atomic E-state index is -0.279. The maximum absolute atomic E-state index is 12.3. The first-order valence-electron chi connectivity index (χ1n) is 6.64.